The smallest absolute Gasteiger partial charge is 0.258 e. The average molecular weight is 394 g/mol. The van der Waals surface area contributed by atoms with E-state index >= 15 is 0 Å². The summed E-state index contributed by atoms with van der Waals surface area (Å²) in [6.45, 7) is 4.37. The van der Waals surface area contributed by atoms with Crippen molar-refractivity contribution in [1.29, 1.82) is 0 Å². The van der Waals surface area contributed by atoms with E-state index in [0.29, 0.717) is 24.2 Å². The molecule has 1 N–H and O–H groups in total. The Bertz CT molecular complexity index is 875. The number of nitrogens with zero attached hydrogens (tertiary/aromatic N) is 1. The molecule has 1 atom stereocenters. The molecule has 0 radical (unpaired) electrons. The summed E-state index contributed by atoms with van der Waals surface area (Å²) >= 11 is 0. The van der Waals surface area contributed by atoms with Crippen LogP contribution in [-0.2, 0) is 9.59 Å². The molecule has 1 unspecified atom stereocenters. The van der Waals surface area contributed by atoms with E-state index < -0.39 is 0 Å². The molecule has 0 saturated carbocycles. The van der Waals surface area contributed by atoms with Crippen molar-refractivity contribution in [3.8, 4) is 5.75 Å². The minimum absolute atomic E-state index is 0.0724. The third kappa shape index (κ3) is 5.22. The Labute approximate surface area is 170 Å². The van der Waals surface area contributed by atoms with Crippen molar-refractivity contribution in [2.45, 2.75) is 39.2 Å². The number of rotatable bonds is 8. The molecular formula is C23H26N2O4. The van der Waals surface area contributed by atoms with E-state index in [4.69, 9.17) is 4.74 Å². The van der Waals surface area contributed by atoms with E-state index in [0.717, 1.165) is 24.2 Å². The SMILES string of the molecule is CCC(=O)c1ccc(OCC(=O)NC(C)c2ccc(N3CCCC3=O)cc2)cc1. The molecule has 0 bridgehead atoms. The first-order valence-corrected chi connectivity index (χ1v) is 9.93. The second kappa shape index (κ2) is 9.37. The van der Waals surface area contributed by atoms with Gasteiger partial charge in [0.25, 0.3) is 5.91 Å². The Hall–Kier alpha value is -3.15. The largest absolute Gasteiger partial charge is 0.484 e. The Balaban J connectivity index is 1.50. The number of hydrogen-bond acceptors (Lipinski definition) is 4. The highest BCUT2D eigenvalue weighted by atomic mass is 16.5. The summed E-state index contributed by atoms with van der Waals surface area (Å²) in [6.07, 6.45) is 1.95. The van der Waals surface area contributed by atoms with Gasteiger partial charge in [0, 0.05) is 30.6 Å². The molecule has 1 fully saturated rings. The summed E-state index contributed by atoms with van der Waals surface area (Å²) in [7, 11) is 0. The van der Waals surface area contributed by atoms with Crippen LogP contribution in [0.5, 0.6) is 5.75 Å². The normalized spacial score (nSPS) is 14.6. The molecule has 6 nitrogen and oxygen atoms in total. The first-order chi connectivity index (χ1) is 14.0. The van der Waals surface area contributed by atoms with Crippen LogP contribution >= 0.6 is 0 Å². The molecule has 29 heavy (non-hydrogen) atoms. The molecule has 2 aromatic rings. The number of hydrogen-bond donors (Lipinski definition) is 1. The first-order valence-electron chi connectivity index (χ1n) is 9.93. The lowest BCUT2D eigenvalue weighted by Gasteiger charge is -2.18. The average Bonchev–Trinajstić information content (AvgIpc) is 3.18. The summed E-state index contributed by atoms with van der Waals surface area (Å²) in [5.74, 6) is 0.539. The number of amides is 2. The maximum atomic E-state index is 12.2. The Morgan fingerprint density at radius 1 is 1.10 bits per heavy atom. The van der Waals surface area contributed by atoms with Gasteiger partial charge in [-0.25, -0.2) is 0 Å². The van der Waals surface area contributed by atoms with E-state index in [2.05, 4.69) is 5.32 Å². The predicted octanol–water partition coefficient (Wildman–Crippen LogP) is 3.66. The van der Waals surface area contributed by atoms with Gasteiger partial charge in [0.05, 0.1) is 6.04 Å². The number of benzene rings is 2. The third-order valence-corrected chi connectivity index (χ3v) is 5.02. The highest BCUT2D eigenvalue weighted by molar-refractivity contribution is 5.96. The van der Waals surface area contributed by atoms with Gasteiger partial charge in [0.15, 0.2) is 12.4 Å². The van der Waals surface area contributed by atoms with Crippen LogP contribution in [0.25, 0.3) is 0 Å². The lowest BCUT2D eigenvalue weighted by molar-refractivity contribution is -0.123. The standard InChI is InChI=1S/C23H26N2O4/c1-3-21(26)18-8-12-20(13-9-18)29-15-22(27)24-16(2)17-6-10-19(11-7-17)25-14-4-5-23(25)28/h6-13,16H,3-5,14-15H2,1-2H3,(H,24,27). The molecule has 2 aromatic carbocycles. The quantitative estimate of drug-likeness (QED) is 0.693. The maximum Gasteiger partial charge on any atom is 0.258 e. The zero-order valence-electron chi connectivity index (χ0n) is 16.8. The van der Waals surface area contributed by atoms with E-state index in [1.54, 1.807) is 29.2 Å². The minimum Gasteiger partial charge on any atom is -0.484 e. The molecule has 1 aliphatic rings. The second-order valence-electron chi connectivity index (χ2n) is 7.12. The van der Waals surface area contributed by atoms with E-state index in [1.165, 1.54) is 0 Å². The molecule has 3 rings (SSSR count). The van der Waals surface area contributed by atoms with E-state index in [-0.39, 0.29) is 30.2 Å². The lowest BCUT2D eigenvalue weighted by atomic mass is 10.1. The van der Waals surface area contributed by atoms with Gasteiger partial charge in [-0.3, -0.25) is 14.4 Å². The van der Waals surface area contributed by atoms with Gasteiger partial charge in [-0.1, -0.05) is 19.1 Å². The number of carbonyl (C=O) groups is 3. The molecule has 6 heteroatoms. The molecule has 0 spiro atoms. The minimum atomic E-state index is -0.231. The number of carbonyl (C=O) groups excluding carboxylic acids is 3. The number of Topliss-reactive ketones (excluding diaryl/α,β-unsaturated/α-hetero) is 1. The summed E-state index contributed by atoms with van der Waals surface area (Å²) < 4.78 is 5.50. The molecule has 1 saturated heterocycles. The Morgan fingerprint density at radius 2 is 1.79 bits per heavy atom. The van der Waals surface area contributed by atoms with Crippen LogP contribution in [0.15, 0.2) is 48.5 Å². The van der Waals surface area contributed by atoms with Crippen LogP contribution in [0.3, 0.4) is 0 Å². The number of anilines is 1. The fraction of sp³-hybridized carbons (Fsp3) is 0.348. The van der Waals surface area contributed by atoms with Gasteiger partial charge in [0.2, 0.25) is 5.91 Å². The maximum absolute atomic E-state index is 12.2. The van der Waals surface area contributed by atoms with E-state index in [9.17, 15) is 14.4 Å². The fourth-order valence-corrected chi connectivity index (χ4v) is 3.32. The first kappa shape index (κ1) is 20.6. The van der Waals surface area contributed by atoms with Crippen LogP contribution in [0.2, 0.25) is 0 Å². The molecule has 2 amide bonds. The number of ether oxygens (including phenoxy) is 1. The summed E-state index contributed by atoms with van der Waals surface area (Å²) in [5.41, 5.74) is 2.48. The van der Waals surface area contributed by atoms with Gasteiger partial charge >= 0.3 is 0 Å². The van der Waals surface area contributed by atoms with Crippen molar-refractivity contribution >= 4 is 23.3 Å². The van der Waals surface area contributed by atoms with Gasteiger partial charge in [-0.2, -0.15) is 0 Å². The Morgan fingerprint density at radius 3 is 2.38 bits per heavy atom. The second-order valence-corrected chi connectivity index (χ2v) is 7.12. The van der Waals surface area contributed by atoms with Gasteiger partial charge in [0.1, 0.15) is 5.75 Å². The van der Waals surface area contributed by atoms with Gasteiger partial charge in [-0.15, -0.1) is 0 Å². The van der Waals surface area contributed by atoms with Crippen LogP contribution in [0.4, 0.5) is 5.69 Å². The zero-order chi connectivity index (χ0) is 20.8. The van der Waals surface area contributed by atoms with Crippen LogP contribution in [-0.4, -0.2) is 30.7 Å². The fourth-order valence-electron chi connectivity index (χ4n) is 3.32. The van der Waals surface area contributed by atoms with Crippen molar-refractivity contribution < 1.29 is 19.1 Å². The van der Waals surface area contributed by atoms with Crippen LogP contribution < -0.4 is 15.0 Å². The third-order valence-electron chi connectivity index (χ3n) is 5.02. The van der Waals surface area contributed by atoms with Crippen molar-refractivity contribution in [3.05, 3.63) is 59.7 Å². The summed E-state index contributed by atoms with van der Waals surface area (Å²) in [6, 6.07) is 14.3. The highest BCUT2D eigenvalue weighted by Gasteiger charge is 2.21. The highest BCUT2D eigenvalue weighted by Crippen LogP contribution is 2.23. The van der Waals surface area contributed by atoms with Crippen LogP contribution in [0.1, 0.15) is 55.1 Å². The lowest BCUT2D eigenvalue weighted by Crippen LogP contribution is -2.31. The molecule has 152 valence electrons. The van der Waals surface area contributed by atoms with Gasteiger partial charge < -0.3 is 15.0 Å². The van der Waals surface area contributed by atoms with Crippen molar-refractivity contribution in [2.75, 3.05) is 18.1 Å². The zero-order valence-corrected chi connectivity index (χ0v) is 16.8. The van der Waals surface area contributed by atoms with E-state index in [1.807, 2.05) is 38.1 Å². The molecule has 1 heterocycles. The predicted molar refractivity (Wildman–Crippen MR) is 111 cm³/mol. The summed E-state index contributed by atoms with van der Waals surface area (Å²) in [4.78, 5) is 37.5. The number of nitrogens with one attached hydrogen (secondary N) is 1. The van der Waals surface area contributed by atoms with Crippen molar-refractivity contribution in [1.82, 2.24) is 5.32 Å². The molecule has 1 aliphatic heterocycles. The number of ketones is 1. The summed E-state index contributed by atoms with van der Waals surface area (Å²) in [5, 5.41) is 2.90. The van der Waals surface area contributed by atoms with Gasteiger partial charge in [-0.05, 0) is 55.3 Å². The monoisotopic (exact) mass is 394 g/mol. The topological polar surface area (TPSA) is 75.7 Å². The van der Waals surface area contributed by atoms with Crippen molar-refractivity contribution in [2.24, 2.45) is 0 Å². The molecular weight excluding hydrogens is 368 g/mol. The molecule has 0 aliphatic carbocycles. The molecule has 0 aromatic heterocycles. The van der Waals surface area contributed by atoms with Crippen LogP contribution in [0, 0.1) is 0 Å². The van der Waals surface area contributed by atoms with Crippen molar-refractivity contribution in [3.63, 3.8) is 0 Å². The Kier molecular flexibility index (Phi) is 6.65.